The summed E-state index contributed by atoms with van der Waals surface area (Å²) in [5.74, 6) is -7.53. The molecule has 418 valence electrons. The largest absolute Gasteiger partial charge is 0.508 e. The number of aromatic hydroxyl groups is 1. The molecule has 3 unspecified atom stereocenters. The quantitative estimate of drug-likeness (QED) is 0.0126. The third kappa shape index (κ3) is 16.0. The number of phenols is 1. The number of rotatable bonds is 30. The number of nitrogens with zero attached hydrogens (tertiary/aromatic N) is 1. The van der Waals surface area contributed by atoms with Gasteiger partial charge in [-0.3, -0.25) is 24.0 Å². The van der Waals surface area contributed by atoms with Crippen LogP contribution >= 0.6 is 0 Å². The highest BCUT2D eigenvalue weighted by molar-refractivity contribution is 6.21. The van der Waals surface area contributed by atoms with E-state index in [0.717, 1.165) is 11.9 Å². The zero-order valence-electron chi connectivity index (χ0n) is 43.4. The molecule has 0 bridgehead atoms. The molecular formula is C57H63N5O17. The Hall–Kier alpha value is -9.08. The molecule has 3 atom stereocenters. The van der Waals surface area contributed by atoms with E-state index in [9.17, 15) is 73.5 Å². The van der Waals surface area contributed by atoms with Gasteiger partial charge in [0.05, 0.1) is 12.0 Å². The van der Waals surface area contributed by atoms with Crippen molar-refractivity contribution in [2.75, 3.05) is 20.1 Å². The highest BCUT2D eigenvalue weighted by Crippen LogP contribution is 2.44. The van der Waals surface area contributed by atoms with E-state index >= 15 is 0 Å². The molecule has 5 aromatic carbocycles. The van der Waals surface area contributed by atoms with Crippen LogP contribution < -0.4 is 26.7 Å². The second-order valence-corrected chi connectivity index (χ2v) is 19.3. The minimum atomic E-state index is -1.48. The van der Waals surface area contributed by atoms with Crippen LogP contribution in [0.2, 0.25) is 0 Å². The molecule has 0 saturated carbocycles. The van der Waals surface area contributed by atoms with Crippen molar-refractivity contribution in [1.29, 1.82) is 0 Å². The number of aromatic carboxylic acids is 1. The summed E-state index contributed by atoms with van der Waals surface area (Å²) >= 11 is 0. The van der Waals surface area contributed by atoms with Gasteiger partial charge in [0.15, 0.2) is 5.43 Å². The lowest BCUT2D eigenvalue weighted by molar-refractivity contribution is -0.143. The lowest BCUT2D eigenvalue weighted by Gasteiger charge is -2.26. The number of urea groups is 1. The molecule has 79 heavy (non-hydrogen) atoms. The number of fused-ring (bicyclic) bond motifs is 6. The second kappa shape index (κ2) is 27.8. The molecule has 10 N–H and O–H groups in total. The van der Waals surface area contributed by atoms with Crippen molar-refractivity contribution in [1.82, 2.24) is 26.2 Å². The number of carbonyl (C=O) groups is 9. The summed E-state index contributed by atoms with van der Waals surface area (Å²) in [7, 11) is 1.13. The zero-order chi connectivity index (χ0) is 57.3. The van der Waals surface area contributed by atoms with E-state index in [2.05, 4.69) is 21.3 Å². The predicted octanol–water partition coefficient (Wildman–Crippen LogP) is 6.76. The van der Waals surface area contributed by atoms with Crippen molar-refractivity contribution in [3.8, 4) is 16.9 Å². The Morgan fingerprint density at radius 1 is 0.544 bits per heavy atom. The van der Waals surface area contributed by atoms with Gasteiger partial charge >= 0.3 is 35.9 Å². The van der Waals surface area contributed by atoms with Gasteiger partial charge in [0.1, 0.15) is 35.0 Å². The van der Waals surface area contributed by atoms with Crippen LogP contribution in [0.4, 0.5) is 4.79 Å². The average molecular weight is 1090 g/mol. The summed E-state index contributed by atoms with van der Waals surface area (Å²) in [6.07, 6.45) is 2.86. The maximum Gasteiger partial charge on any atom is 0.336 e. The van der Waals surface area contributed by atoms with Crippen LogP contribution in [-0.4, -0.2) is 127 Å². The van der Waals surface area contributed by atoms with E-state index in [1.165, 1.54) is 24.3 Å². The Labute approximate surface area is 451 Å². The monoisotopic (exact) mass is 1090 g/mol. The first kappa shape index (κ1) is 59.2. The van der Waals surface area contributed by atoms with E-state index in [1.807, 2.05) is 0 Å². The lowest BCUT2D eigenvalue weighted by Crippen LogP contribution is -2.52. The molecular weight excluding hydrogens is 1030 g/mol. The standard InChI is InChI=1S/C57H63N5O17/c1-62(44(56(76)77)25-26-48(68)69)57(78)61-43(55(74)75)14-7-8-27-58-45(65)15-4-2-3-5-16-46(66)60-42(54(72)73)13-6-9-28-59-47(67)31-34-11-10-12-41(53(70)71)49(34)50-39-21-17-32-29-35(63)19-23-37(32)51(39)79-52-38-24-20-36(64)30-33(38)18-22-40(50)52/h10-12,17-24,29-30,42-44,63H,2-9,13-16,25-28,31H2,1H3,(H,58,65)(H,59,67)(H,60,66)(H,61,78)(H,68,69)(H,70,71)(H,72,73)(H,74,75)(H,76,77). The smallest absolute Gasteiger partial charge is 0.336 e. The lowest BCUT2D eigenvalue weighted by atomic mass is 9.87. The molecule has 6 aromatic rings. The van der Waals surface area contributed by atoms with Gasteiger partial charge in [-0.05, 0) is 129 Å². The van der Waals surface area contributed by atoms with Gasteiger partial charge in [-0.1, -0.05) is 37.1 Å². The normalized spacial score (nSPS) is 12.4. The molecule has 0 aliphatic rings. The SMILES string of the molecule is CN(C(=O)NC(CCCCNC(=O)CCCCCCC(=O)NC(CCCCNC(=O)Cc1cccc(C(=O)O)c1-c1c2ccc3cc(O)ccc3c2oc2c1ccc1cc(=O)ccc12)C(=O)O)C(=O)O)C(CCC(=O)O)C(=O)O. The van der Waals surface area contributed by atoms with Crippen molar-refractivity contribution >= 4 is 97.1 Å². The van der Waals surface area contributed by atoms with Gasteiger partial charge in [0, 0.05) is 72.1 Å². The molecule has 22 nitrogen and oxygen atoms in total. The maximum atomic E-state index is 13.6. The Morgan fingerprint density at radius 3 is 1.68 bits per heavy atom. The van der Waals surface area contributed by atoms with E-state index in [4.69, 9.17) is 9.52 Å². The number of benzene rings is 5. The van der Waals surface area contributed by atoms with Crippen molar-refractivity contribution in [2.24, 2.45) is 0 Å². The topological polar surface area (TPSA) is 357 Å². The summed E-state index contributed by atoms with van der Waals surface area (Å²) in [6.45, 7) is 0.406. The number of hydrogen-bond acceptors (Lipinski definition) is 12. The van der Waals surface area contributed by atoms with Gasteiger partial charge in [-0.2, -0.15) is 0 Å². The molecule has 0 saturated heterocycles. The first-order valence-corrected chi connectivity index (χ1v) is 25.9. The van der Waals surface area contributed by atoms with E-state index in [1.54, 1.807) is 54.6 Å². The van der Waals surface area contributed by atoms with E-state index in [0.29, 0.717) is 112 Å². The summed E-state index contributed by atoms with van der Waals surface area (Å²) in [4.78, 5) is 123. The summed E-state index contributed by atoms with van der Waals surface area (Å²) in [5, 5.41) is 72.5. The van der Waals surface area contributed by atoms with Crippen LogP contribution in [0.1, 0.15) is 106 Å². The maximum absolute atomic E-state index is 13.6. The van der Waals surface area contributed by atoms with Crippen molar-refractivity contribution in [3.63, 3.8) is 0 Å². The summed E-state index contributed by atoms with van der Waals surface area (Å²) in [6, 6.07) is 16.1. The third-order valence-corrected chi connectivity index (χ3v) is 13.6. The predicted molar refractivity (Wildman–Crippen MR) is 290 cm³/mol. The van der Waals surface area contributed by atoms with Crippen LogP contribution in [0, 0.1) is 0 Å². The van der Waals surface area contributed by atoms with Crippen LogP contribution in [0.5, 0.6) is 5.75 Å². The molecule has 0 fully saturated rings. The number of hydrogen-bond donors (Lipinski definition) is 10. The highest BCUT2D eigenvalue weighted by Gasteiger charge is 2.30. The molecule has 1 aromatic heterocycles. The number of carbonyl (C=O) groups excluding carboxylic acids is 4. The van der Waals surface area contributed by atoms with Crippen LogP contribution in [0.15, 0.2) is 88.1 Å². The number of carboxylic acids is 5. The first-order chi connectivity index (χ1) is 37.7. The first-order valence-electron chi connectivity index (χ1n) is 25.9. The Morgan fingerprint density at radius 2 is 1.10 bits per heavy atom. The number of amides is 5. The fourth-order valence-corrected chi connectivity index (χ4v) is 9.49. The van der Waals surface area contributed by atoms with Crippen molar-refractivity contribution in [3.05, 3.63) is 100 Å². The van der Waals surface area contributed by atoms with E-state index < -0.39 is 72.2 Å². The number of carboxylic acid groups (broad SMARTS) is 5. The van der Waals surface area contributed by atoms with Crippen LogP contribution in [-0.2, 0) is 40.0 Å². The second-order valence-electron chi connectivity index (χ2n) is 19.3. The highest BCUT2D eigenvalue weighted by atomic mass is 16.4. The molecule has 0 radical (unpaired) electrons. The fraction of sp³-hybridized carbons (Fsp3) is 0.368. The van der Waals surface area contributed by atoms with Crippen LogP contribution in [0.25, 0.3) is 54.6 Å². The molecule has 22 heteroatoms. The number of unbranched alkanes of at least 4 members (excludes halogenated alkanes) is 5. The molecule has 0 aliphatic heterocycles. The Bertz CT molecular complexity index is 3360. The number of phenolic OH excluding ortho intramolecular Hbond substituents is 1. The minimum Gasteiger partial charge on any atom is -0.508 e. The summed E-state index contributed by atoms with van der Waals surface area (Å²) < 4.78 is 6.63. The zero-order valence-corrected chi connectivity index (χ0v) is 43.4. The van der Waals surface area contributed by atoms with Gasteiger partial charge < -0.3 is 61.2 Å². The molecule has 5 amide bonds. The van der Waals surface area contributed by atoms with Crippen molar-refractivity contribution < 1.29 is 78.2 Å². The number of aliphatic carboxylic acids is 4. The number of likely N-dealkylation sites (N-methyl/N-ethyl adjacent to an activating group) is 1. The molecule has 0 spiro atoms. The molecule has 6 rings (SSSR count). The van der Waals surface area contributed by atoms with Crippen molar-refractivity contribution in [2.45, 2.75) is 114 Å². The van der Waals surface area contributed by atoms with E-state index in [-0.39, 0.29) is 74.3 Å². The third-order valence-electron chi connectivity index (χ3n) is 13.6. The molecule has 1 heterocycles. The average Bonchev–Trinajstić information content (AvgIpc) is 3.53. The van der Waals surface area contributed by atoms with Gasteiger partial charge in [-0.15, -0.1) is 0 Å². The Kier molecular flexibility index (Phi) is 20.8. The minimum absolute atomic E-state index is 0.0121. The Balaban J connectivity index is 0.929. The van der Waals surface area contributed by atoms with Gasteiger partial charge in [0.2, 0.25) is 17.7 Å². The van der Waals surface area contributed by atoms with Crippen LogP contribution in [0.3, 0.4) is 0 Å². The fourth-order valence-electron chi connectivity index (χ4n) is 9.49. The summed E-state index contributed by atoms with van der Waals surface area (Å²) in [5.41, 5.74) is 1.72. The van der Waals surface area contributed by atoms with Gasteiger partial charge in [-0.25, -0.2) is 24.0 Å². The number of nitrogens with one attached hydrogen (secondary N) is 4. The molecule has 0 aliphatic carbocycles. The van der Waals surface area contributed by atoms with Gasteiger partial charge in [0.25, 0.3) is 0 Å².